The van der Waals surface area contributed by atoms with Crippen LogP contribution >= 0.6 is 7.82 Å². The van der Waals surface area contributed by atoms with E-state index in [9.17, 15) is 4.57 Å². The molecule has 1 N–H and O–H groups in total. The van der Waals surface area contributed by atoms with E-state index >= 15 is 0 Å². The highest BCUT2D eigenvalue weighted by molar-refractivity contribution is 7.48. The van der Waals surface area contributed by atoms with Crippen LogP contribution in [0.3, 0.4) is 0 Å². The Morgan fingerprint density at radius 2 is 1.54 bits per heavy atom. The van der Waals surface area contributed by atoms with E-state index in [4.69, 9.17) is 14.2 Å². The Morgan fingerprint density at radius 1 is 1.08 bits per heavy atom. The maximum Gasteiger partial charge on any atom is 0.476 e. The first-order valence-electron chi connectivity index (χ1n) is 4.33. The molecule has 80 valence electrons. The fourth-order valence-corrected chi connectivity index (χ4v) is 1.77. The predicted molar refractivity (Wildman–Crippen MR) is 48.3 cm³/mol. The molecule has 0 radical (unpaired) electrons. The van der Waals surface area contributed by atoms with Crippen LogP contribution in [0.15, 0.2) is 0 Å². The van der Waals surface area contributed by atoms with E-state index in [-0.39, 0.29) is 0 Å². The zero-order chi connectivity index (χ0) is 10.2. The number of phosphoric ester groups is 1. The normalized spacial score (nSPS) is 11.9. The Labute approximate surface area is 78.6 Å². The van der Waals surface area contributed by atoms with Crippen molar-refractivity contribution in [1.82, 2.24) is 0 Å². The van der Waals surface area contributed by atoms with Crippen molar-refractivity contribution in [3.8, 4) is 0 Å². The molecule has 0 amide bonds. The van der Waals surface area contributed by atoms with Gasteiger partial charge in [-0.05, 0) is 12.8 Å². The Balaban J connectivity index is 3.92. The standard InChI is InChI=1S/C7H17O5P/c1-3-5-10-13(9,12-7-8)11-6-4-2/h8H,3-7H2,1-2H3. The summed E-state index contributed by atoms with van der Waals surface area (Å²) in [5.74, 6) is 0. The molecular weight excluding hydrogens is 195 g/mol. The molecule has 0 spiro atoms. The Hall–Kier alpha value is 0.0700. The lowest BCUT2D eigenvalue weighted by molar-refractivity contribution is 0.0376. The van der Waals surface area contributed by atoms with Gasteiger partial charge in [-0.2, -0.15) is 0 Å². The Bertz CT molecular complexity index is 149. The highest BCUT2D eigenvalue weighted by atomic mass is 31.2. The smallest absolute Gasteiger partial charge is 0.370 e. The van der Waals surface area contributed by atoms with Crippen molar-refractivity contribution in [3.63, 3.8) is 0 Å². The first-order valence-corrected chi connectivity index (χ1v) is 5.79. The first-order chi connectivity index (χ1) is 6.18. The maximum atomic E-state index is 11.5. The summed E-state index contributed by atoms with van der Waals surface area (Å²) in [5, 5.41) is 8.45. The third-order valence-corrected chi connectivity index (χ3v) is 2.55. The second kappa shape index (κ2) is 7.47. The van der Waals surface area contributed by atoms with Gasteiger partial charge in [-0.15, -0.1) is 0 Å². The lowest BCUT2D eigenvalue weighted by Gasteiger charge is -2.15. The number of rotatable bonds is 8. The van der Waals surface area contributed by atoms with Gasteiger partial charge in [0.25, 0.3) is 0 Å². The summed E-state index contributed by atoms with van der Waals surface area (Å²) in [5.41, 5.74) is 0. The van der Waals surface area contributed by atoms with Gasteiger partial charge in [0.1, 0.15) is 0 Å². The van der Waals surface area contributed by atoms with E-state index < -0.39 is 14.6 Å². The molecule has 0 rings (SSSR count). The molecule has 0 saturated heterocycles. The number of aliphatic hydroxyl groups is 1. The molecule has 0 aromatic rings. The van der Waals surface area contributed by atoms with Crippen LogP contribution in [0.4, 0.5) is 0 Å². The van der Waals surface area contributed by atoms with Gasteiger partial charge in [0.15, 0.2) is 6.79 Å². The molecule has 0 saturated carbocycles. The molecule has 0 heterocycles. The van der Waals surface area contributed by atoms with Gasteiger partial charge < -0.3 is 5.11 Å². The first kappa shape index (κ1) is 13.1. The van der Waals surface area contributed by atoms with Gasteiger partial charge in [-0.3, -0.25) is 13.6 Å². The van der Waals surface area contributed by atoms with Crippen molar-refractivity contribution in [3.05, 3.63) is 0 Å². The largest absolute Gasteiger partial charge is 0.476 e. The van der Waals surface area contributed by atoms with Crippen molar-refractivity contribution in [2.45, 2.75) is 26.7 Å². The maximum absolute atomic E-state index is 11.5. The van der Waals surface area contributed by atoms with Crippen LogP contribution in [0.25, 0.3) is 0 Å². The van der Waals surface area contributed by atoms with Crippen LogP contribution in [0, 0.1) is 0 Å². The quantitative estimate of drug-likeness (QED) is 0.491. The molecule has 6 heteroatoms. The summed E-state index contributed by atoms with van der Waals surface area (Å²) >= 11 is 0. The minimum absolute atomic E-state index is 0.293. The number of hydrogen-bond acceptors (Lipinski definition) is 5. The van der Waals surface area contributed by atoms with Crippen molar-refractivity contribution in [2.75, 3.05) is 20.0 Å². The van der Waals surface area contributed by atoms with E-state index in [2.05, 4.69) is 4.52 Å². The van der Waals surface area contributed by atoms with Gasteiger partial charge >= 0.3 is 7.82 Å². The van der Waals surface area contributed by atoms with Crippen LogP contribution in [0.2, 0.25) is 0 Å². The van der Waals surface area contributed by atoms with Crippen molar-refractivity contribution < 1.29 is 23.2 Å². The van der Waals surface area contributed by atoms with E-state index in [1.165, 1.54) is 0 Å². The number of hydrogen-bond donors (Lipinski definition) is 1. The molecule has 0 aliphatic rings. The summed E-state index contributed by atoms with van der Waals surface area (Å²) in [7, 11) is -3.50. The molecule has 5 nitrogen and oxygen atoms in total. The molecule has 0 fully saturated rings. The van der Waals surface area contributed by atoms with E-state index in [1.54, 1.807) is 0 Å². The molecule has 0 unspecified atom stereocenters. The summed E-state index contributed by atoms with van der Waals surface area (Å²) in [6, 6.07) is 0. The molecule has 0 aromatic carbocycles. The third-order valence-electron chi connectivity index (χ3n) is 1.12. The summed E-state index contributed by atoms with van der Waals surface area (Å²) in [6.45, 7) is 3.68. The SMILES string of the molecule is CCCOP(=O)(OCO)OCCC. The van der Waals surface area contributed by atoms with E-state index in [1.807, 2.05) is 13.8 Å². The molecule has 0 aliphatic heterocycles. The van der Waals surface area contributed by atoms with E-state index in [0.717, 1.165) is 0 Å². The zero-order valence-corrected chi connectivity index (χ0v) is 8.96. The zero-order valence-electron chi connectivity index (χ0n) is 8.06. The van der Waals surface area contributed by atoms with Gasteiger partial charge in [0, 0.05) is 0 Å². The molecule has 0 bridgehead atoms. The predicted octanol–water partition coefficient (Wildman–Crippen LogP) is 1.91. The minimum Gasteiger partial charge on any atom is -0.370 e. The summed E-state index contributed by atoms with van der Waals surface area (Å²) in [4.78, 5) is 0. The van der Waals surface area contributed by atoms with Gasteiger partial charge in [0.2, 0.25) is 0 Å². The van der Waals surface area contributed by atoms with Crippen LogP contribution in [-0.2, 0) is 18.1 Å². The van der Waals surface area contributed by atoms with Crippen LogP contribution < -0.4 is 0 Å². The molecule has 0 aromatic heterocycles. The lowest BCUT2D eigenvalue weighted by Crippen LogP contribution is -2.02. The van der Waals surface area contributed by atoms with Crippen LogP contribution in [-0.4, -0.2) is 25.1 Å². The number of aliphatic hydroxyl groups excluding tert-OH is 1. The van der Waals surface area contributed by atoms with Gasteiger partial charge in [-0.25, -0.2) is 4.57 Å². The monoisotopic (exact) mass is 212 g/mol. The second-order valence-electron chi connectivity index (χ2n) is 2.37. The molecular formula is C7H17O5P. The molecule has 0 atom stereocenters. The van der Waals surface area contributed by atoms with Gasteiger partial charge in [0.05, 0.1) is 13.2 Å². The minimum atomic E-state index is -3.50. The molecule has 0 aliphatic carbocycles. The highest BCUT2D eigenvalue weighted by Crippen LogP contribution is 2.49. The summed E-state index contributed by atoms with van der Waals surface area (Å²) in [6.07, 6.45) is 1.43. The average Bonchev–Trinajstić information content (AvgIpc) is 2.12. The van der Waals surface area contributed by atoms with Crippen molar-refractivity contribution in [2.24, 2.45) is 0 Å². The Kier molecular flexibility index (Phi) is 7.51. The van der Waals surface area contributed by atoms with Crippen molar-refractivity contribution in [1.29, 1.82) is 0 Å². The average molecular weight is 212 g/mol. The Morgan fingerprint density at radius 3 is 1.85 bits per heavy atom. The fraction of sp³-hybridized carbons (Fsp3) is 1.00. The van der Waals surface area contributed by atoms with Crippen molar-refractivity contribution >= 4 is 7.82 Å². The topological polar surface area (TPSA) is 65.0 Å². The third kappa shape index (κ3) is 6.18. The summed E-state index contributed by atoms with van der Waals surface area (Å²) < 4.78 is 25.7. The highest BCUT2D eigenvalue weighted by Gasteiger charge is 2.25. The fourth-order valence-electron chi connectivity index (χ4n) is 0.589. The van der Waals surface area contributed by atoms with Crippen LogP contribution in [0.5, 0.6) is 0 Å². The van der Waals surface area contributed by atoms with Crippen LogP contribution in [0.1, 0.15) is 26.7 Å². The van der Waals surface area contributed by atoms with Gasteiger partial charge in [-0.1, -0.05) is 13.8 Å². The molecule has 13 heavy (non-hydrogen) atoms. The lowest BCUT2D eigenvalue weighted by atomic mass is 10.5. The second-order valence-corrected chi connectivity index (χ2v) is 4.04. The van der Waals surface area contributed by atoms with E-state index in [0.29, 0.717) is 26.1 Å². The number of phosphoric acid groups is 1.